The number of benzene rings is 4. The molecule has 2 fully saturated rings. The molecule has 0 spiro atoms. The van der Waals surface area contributed by atoms with Crippen LogP contribution in [-0.4, -0.2) is 30.8 Å². The van der Waals surface area contributed by atoms with Crippen LogP contribution in [0.2, 0.25) is 0 Å². The maximum absolute atomic E-state index is 15.1. The van der Waals surface area contributed by atoms with Gasteiger partial charge in [-0.15, -0.1) is 0 Å². The van der Waals surface area contributed by atoms with Gasteiger partial charge in [-0.1, -0.05) is 97.1 Å². The highest BCUT2D eigenvalue weighted by molar-refractivity contribution is 7.94. The molecule has 42 heavy (non-hydrogen) atoms. The predicted octanol–water partition coefficient (Wildman–Crippen LogP) is 5.61. The minimum Gasteiger partial charge on any atom is -0.298 e. The Morgan fingerprint density at radius 3 is 1.60 bits per heavy atom. The van der Waals surface area contributed by atoms with Crippen molar-refractivity contribution in [1.29, 1.82) is 0 Å². The Hall–Kier alpha value is -4.62. The molecular weight excluding hydrogens is 546 g/mol. The van der Waals surface area contributed by atoms with E-state index in [-0.39, 0.29) is 10.6 Å². The van der Waals surface area contributed by atoms with Crippen LogP contribution in [0.15, 0.2) is 126 Å². The van der Waals surface area contributed by atoms with Crippen molar-refractivity contribution in [3.05, 3.63) is 132 Å². The van der Waals surface area contributed by atoms with Crippen LogP contribution in [0.3, 0.4) is 0 Å². The summed E-state index contributed by atoms with van der Waals surface area (Å²) < 4.78 is 27.8. The van der Waals surface area contributed by atoms with Gasteiger partial charge in [-0.25, -0.2) is 13.3 Å². The zero-order valence-corrected chi connectivity index (χ0v) is 23.8. The van der Waals surface area contributed by atoms with Gasteiger partial charge in [0.05, 0.1) is 27.3 Å². The molecule has 7 rings (SSSR count). The standard InChI is InChI=1S/C35H27NO5S/c1-33-27(23-15-7-3-8-16-23)28(24-17-9-4-10-18-24)34(2,31(33)38)35(42(40,41)26-21-13-6-14-22-26)29(33)30(37)36(32(35)39)25-19-11-5-12-20-25/h3-22,29H,1-2H3. The maximum atomic E-state index is 15.1. The third kappa shape index (κ3) is 2.84. The summed E-state index contributed by atoms with van der Waals surface area (Å²) >= 11 is 0. The highest BCUT2D eigenvalue weighted by Crippen LogP contribution is 2.77. The summed E-state index contributed by atoms with van der Waals surface area (Å²) in [5.41, 5.74) is -0.833. The number of nitrogens with zero attached hydrogens (tertiary/aromatic N) is 1. The topological polar surface area (TPSA) is 88.6 Å². The Morgan fingerprint density at radius 2 is 1.07 bits per heavy atom. The minimum absolute atomic E-state index is 0.107. The van der Waals surface area contributed by atoms with E-state index >= 15 is 8.42 Å². The molecule has 3 aliphatic rings. The highest BCUT2D eigenvalue weighted by Gasteiger charge is 2.90. The molecular formula is C35H27NO5S. The first kappa shape index (κ1) is 26.3. The van der Waals surface area contributed by atoms with Crippen LogP contribution < -0.4 is 4.90 Å². The second kappa shape index (κ2) is 8.69. The second-order valence-corrected chi connectivity index (χ2v) is 13.6. The summed E-state index contributed by atoms with van der Waals surface area (Å²) in [6.45, 7) is 3.21. The number of hydrogen-bond acceptors (Lipinski definition) is 5. The molecule has 1 saturated heterocycles. The lowest BCUT2D eigenvalue weighted by atomic mass is 9.62. The van der Waals surface area contributed by atoms with E-state index in [0.717, 1.165) is 4.90 Å². The summed E-state index contributed by atoms with van der Waals surface area (Å²) in [5.74, 6) is -3.51. The first-order chi connectivity index (χ1) is 20.1. The van der Waals surface area contributed by atoms with Crippen molar-refractivity contribution in [1.82, 2.24) is 0 Å². The number of Topliss-reactive ketones (excluding diaryl/α,β-unsaturated/α-hetero) is 1. The van der Waals surface area contributed by atoms with Crippen molar-refractivity contribution in [3.8, 4) is 0 Å². The van der Waals surface area contributed by atoms with Crippen molar-refractivity contribution in [2.75, 3.05) is 4.90 Å². The summed E-state index contributed by atoms with van der Waals surface area (Å²) in [4.78, 5) is 45.5. The van der Waals surface area contributed by atoms with Crippen LogP contribution in [0.1, 0.15) is 25.0 Å². The van der Waals surface area contributed by atoms with Crippen LogP contribution in [-0.2, 0) is 24.2 Å². The van der Waals surface area contributed by atoms with E-state index in [1.54, 1.807) is 62.4 Å². The third-order valence-corrected chi connectivity index (χ3v) is 12.1. The van der Waals surface area contributed by atoms with Crippen molar-refractivity contribution < 1.29 is 22.8 Å². The van der Waals surface area contributed by atoms with Crippen molar-refractivity contribution in [2.24, 2.45) is 16.7 Å². The maximum Gasteiger partial charge on any atom is 0.257 e. The minimum atomic E-state index is -4.63. The molecule has 1 heterocycles. The van der Waals surface area contributed by atoms with E-state index in [9.17, 15) is 14.4 Å². The van der Waals surface area contributed by atoms with Gasteiger partial charge in [0, 0.05) is 0 Å². The summed E-state index contributed by atoms with van der Waals surface area (Å²) in [7, 11) is -4.63. The SMILES string of the molecule is CC12C(=O)C(C)(C(c3ccccc3)=C1c1ccccc1)C1(S(=O)(=O)c3ccccc3)C(=O)N(c3ccccc3)C(=O)C21. The van der Waals surface area contributed by atoms with Gasteiger partial charge in [0.2, 0.25) is 5.91 Å². The average molecular weight is 574 g/mol. The first-order valence-corrected chi connectivity index (χ1v) is 15.3. The molecule has 4 aromatic carbocycles. The number of carbonyl (C=O) groups is 3. The molecule has 1 aliphatic heterocycles. The molecule has 1 saturated carbocycles. The van der Waals surface area contributed by atoms with Gasteiger partial charge in [-0.05, 0) is 60.4 Å². The Bertz CT molecular complexity index is 1920. The normalized spacial score (nSPS) is 28.5. The molecule has 2 aliphatic carbocycles. The number of carbonyl (C=O) groups excluding carboxylic acids is 3. The van der Waals surface area contributed by atoms with E-state index in [0.29, 0.717) is 22.3 Å². The second-order valence-electron chi connectivity index (χ2n) is 11.4. The number of allylic oxidation sites excluding steroid dienone is 2. The van der Waals surface area contributed by atoms with Crippen LogP contribution in [0.25, 0.3) is 11.1 Å². The van der Waals surface area contributed by atoms with Gasteiger partial charge < -0.3 is 0 Å². The lowest BCUT2D eigenvalue weighted by Crippen LogP contribution is -2.60. The molecule has 0 radical (unpaired) electrons. The van der Waals surface area contributed by atoms with Gasteiger partial charge >= 0.3 is 0 Å². The number of anilines is 1. The predicted molar refractivity (Wildman–Crippen MR) is 160 cm³/mol. The summed E-state index contributed by atoms with van der Waals surface area (Å²) in [5, 5.41) is 0. The smallest absolute Gasteiger partial charge is 0.257 e. The molecule has 7 heteroatoms. The van der Waals surface area contributed by atoms with Gasteiger partial charge in [-0.2, -0.15) is 0 Å². The number of amides is 2. The Balaban J connectivity index is 1.66. The molecule has 6 nitrogen and oxygen atoms in total. The van der Waals surface area contributed by atoms with Crippen LogP contribution in [0, 0.1) is 16.7 Å². The van der Waals surface area contributed by atoms with Crippen LogP contribution in [0.5, 0.6) is 0 Å². The number of imide groups is 1. The van der Waals surface area contributed by atoms with Crippen molar-refractivity contribution in [3.63, 3.8) is 0 Å². The monoisotopic (exact) mass is 573 g/mol. The third-order valence-electron chi connectivity index (χ3n) is 9.53. The Labute approximate surface area is 244 Å². The van der Waals surface area contributed by atoms with E-state index in [2.05, 4.69) is 0 Å². The zero-order chi connectivity index (χ0) is 29.5. The Morgan fingerprint density at radius 1 is 0.619 bits per heavy atom. The quantitative estimate of drug-likeness (QED) is 0.290. The van der Waals surface area contributed by atoms with Crippen molar-refractivity contribution >= 4 is 44.3 Å². The van der Waals surface area contributed by atoms with Gasteiger partial charge in [0.25, 0.3) is 5.91 Å². The number of fused-ring (bicyclic) bond motifs is 5. The first-order valence-electron chi connectivity index (χ1n) is 13.8. The molecule has 4 atom stereocenters. The van der Waals surface area contributed by atoms with E-state index in [1.165, 1.54) is 12.1 Å². The number of sulfone groups is 1. The fourth-order valence-electron chi connectivity index (χ4n) is 7.97. The summed E-state index contributed by atoms with van der Waals surface area (Å²) in [6.07, 6.45) is 0. The highest BCUT2D eigenvalue weighted by atomic mass is 32.2. The lowest BCUT2D eigenvalue weighted by Gasteiger charge is -2.44. The summed E-state index contributed by atoms with van der Waals surface area (Å²) in [6, 6.07) is 34.5. The molecule has 4 unspecified atom stereocenters. The number of hydrogen-bond donors (Lipinski definition) is 0. The zero-order valence-electron chi connectivity index (χ0n) is 23.0. The number of rotatable bonds is 5. The molecule has 2 amide bonds. The van der Waals surface area contributed by atoms with Gasteiger partial charge in [0.1, 0.15) is 0 Å². The molecule has 2 bridgehead atoms. The lowest BCUT2D eigenvalue weighted by molar-refractivity contribution is -0.133. The Kier molecular flexibility index (Phi) is 5.44. The number of para-hydroxylation sites is 1. The molecule has 208 valence electrons. The van der Waals surface area contributed by atoms with Crippen LogP contribution in [0.4, 0.5) is 5.69 Å². The fourth-order valence-corrected chi connectivity index (χ4v) is 10.6. The molecule has 0 aromatic heterocycles. The van der Waals surface area contributed by atoms with E-state index in [4.69, 9.17) is 0 Å². The fraction of sp³-hybridized carbons (Fsp3) is 0.171. The van der Waals surface area contributed by atoms with E-state index in [1.807, 2.05) is 60.7 Å². The molecule has 4 aromatic rings. The van der Waals surface area contributed by atoms with Crippen LogP contribution >= 0.6 is 0 Å². The average Bonchev–Trinajstić information content (AvgIpc) is 3.45. The van der Waals surface area contributed by atoms with Crippen molar-refractivity contribution in [2.45, 2.75) is 23.5 Å². The van der Waals surface area contributed by atoms with Gasteiger partial charge in [0.15, 0.2) is 20.4 Å². The number of ketones is 1. The van der Waals surface area contributed by atoms with Gasteiger partial charge in [-0.3, -0.25) is 14.4 Å². The van der Waals surface area contributed by atoms with E-state index < -0.39 is 48.9 Å². The largest absolute Gasteiger partial charge is 0.298 e. The molecule has 0 N–H and O–H groups in total.